The van der Waals surface area contributed by atoms with Gasteiger partial charge in [0.25, 0.3) is 0 Å². The lowest BCUT2D eigenvalue weighted by molar-refractivity contribution is -0.156. The van der Waals surface area contributed by atoms with Gasteiger partial charge in [-0.2, -0.15) is 0 Å². The first-order valence-corrected chi connectivity index (χ1v) is 6.65. The highest BCUT2D eigenvalue weighted by molar-refractivity contribution is 6.33. The number of rotatable bonds is 4. The summed E-state index contributed by atoms with van der Waals surface area (Å²) in [5.74, 6) is -1.90. The molecule has 1 amide bonds. The molecular weight excluding hydrogens is 303 g/mol. The van der Waals surface area contributed by atoms with E-state index >= 15 is 0 Å². The zero-order chi connectivity index (χ0) is 15.4. The van der Waals surface area contributed by atoms with Gasteiger partial charge in [-0.25, -0.2) is 9.18 Å². The van der Waals surface area contributed by atoms with Crippen molar-refractivity contribution in [3.05, 3.63) is 29.0 Å². The Hall–Kier alpha value is -1.70. The number of carbonyl (C=O) groups is 2. The van der Waals surface area contributed by atoms with Crippen LogP contribution in [0.4, 0.5) is 10.1 Å². The van der Waals surface area contributed by atoms with Gasteiger partial charge in [0.15, 0.2) is 6.10 Å². The van der Waals surface area contributed by atoms with Crippen molar-refractivity contribution in [2.24, 2.45) is 0 Å². The van der Waals surface area contributed by atoms with E-state index in [1.54, 1.807) is 4.90 Å². The molecule has 0 aromatic heterocycles. The highest BCUT2D eigenvalue weighted by atomic mass is 35.5. The van der Waals surface area contributed by atoms with E-state index in [9.17, 15) is 14.0 Å². The fourth-order valence-corrected chi connectivity index (χ4v) is 2.19. The molecule has 1 aliphatic heterocycles. The molecule has 2 N–H and O–H groups in total. The number of nitrogens with zero attached hydrogens (tertiary/aromatic N) is 1. The number of hydrogen-bond donors (Lipinski definition) is 2. The maximum atomic E-state index is 12.9. The molecule has 0 spiro atoms. The van der Waals surface area contributed by atoms with E-state index in [-0.39, 0.29) is 30.6 Å². The predicted octanol–water partition coefficient (Wildman–Crippen LogP) is 1.20. The summed E-state index contributed by atoms with van der Waals surface area (Å²) >= 11 is 5.82. The molecule has 0 radical (unpaired) electrons. The van der Waals surface area contributed by atoms with Gasteiger partial charge in [0.1, 0.15) is 5.82 Å². The third kappa shape index (κ3) is 4.38. The first-order valence-electron chi connectivity index (χ1n) is 6.27. The van der Waals surface area contributed by atoms with Crippen LogP contribution in [-0.4, -0.2) is 54.2 Å². The second-order valence-electron chi connectivity index (χ2n) is 4.61. The Labute approximate surface area is 125 Å². The van der Waals surface area contributed by atoms with E-state index in [0.717, 1.165) is 6.07 Å². The van der Waals surface area contributed by atoms with Crippen molar-refractivity contribution in [3.8, 4) is 0 Å². The number of aliphatic carboxylic acids is 1. The normalized spacial score (nSPS) is 19.2. The molecule has 1 saturated heterocycles. The van der Waals surface area contributed by atoms with Gasteiger partial charge >= 0.3 is 5.97 Å². The smallest absolute Gasteiger partial charge is 0.334 e. The maximum absolute atomic E-state index is 12.9. The van der Waals surface area contributed by atoms with Crippen molar-refractivity contribution >= 4 is 29.2 Å². The number of carbonyl (C=O) groups excluding carboxylic acids is 1. The summed E-state index contributed by atoms with van der Waals surface area (Å²) in [6, 6.07) is 3.66. The molecule has 1 heterocycles. The Morgan fingerprint density at radius 1 is 1.52 bits per heavy atom. The first kappa shape index (κ1) is 15.7. The lowest BCUT2D eigenvalue weighted by atomic mass is 10.2. The summed E-state index contributed by atoms with van der Waals surface area (Å²) in [5, 5.41) is 11.5. The summed E-state index contributed by atoms with van der Waals surface area (Å²) in [5.41, 5.74) is 0.311. The topological polar surface area (TPSA) is 78.9 Å². The average Bonchev–Trinajstić information content (AvgIpc) is 2.42. The van der Waals surface area contributed by atoms with Crippen LogP contribution in [0.15, 0.2) is 18.2 Å². The third-order valence-corrected chi connectivity index (χ3v) is 3.31. The summed E-state index contributed by atoms with van der Waals surface area (Å²) in [6.07, 6.45) is -0.930. The van der Waals surface area contributed by atoms with Gasteiger partial charge in [-0.15, -0.1) is 0 Å². The lowest BCUT2D eigenvalue weighted by Crippen LogP contribution is -2.48. The molecule has 21 heavy (non-hydrogen) atoms. The second-order valence-corrected chi connectivity index (χ2v) is 5.01. The van der Waals surface area contributed by atoms with Crippen LogP contribution in [0.25, 0.3) is 0 Å². The van der Waals surface area contributed by atoms with Gasteiger partial charge in [0.2, 0.25) is 5.91 Å². The standard InChI is InChI=1S/C13H14ClFN2O4/c14-9-5-8(15)1-2-10(9)16-12(18)7-17-3-4-21-11(6-17)13(19)20/h1-2,5,11H,3-4,6-7H2,(H,16,18)(H,19,20). The number of carboxylic acids is 1. The molecule has 114 valence electrons. The Balaban J connectivity index is 1.91. The lowest BCUT2D eigenvalue weighted by Gasteiger charge is -2.30. The predicted molar refractivity (Wildman–Crippen MR) is 73.9 cm³/mol. The molecule has 0 aliphatic carbocycles. The van der Waals surface area contributed by atoms with E-state index in [0.29, 0.717) is 12.2 Å². The largest absolute Gasteiger partial charge is 0.479 e. The Morgan fingerprint density at radius 2 is 2.29 bits per heavy atom. The number of anilines is 1. The van der Waals surface area contributed by atoms with Crippen LogP contribution in [-0.2, 0) is 14.3 Å². The van der Waals surface area contributed by atoms with Crippen molar-refractivity contribution in [3.63, 3.8) is 0 Å². The van der Waals surface area contributed by atoms with Crippen LogP contribution >= 0.6 is 11.6 Å². The number of benzene rings is 1. The number of morpholine rings is 1. The molecule has 1 aliphatic rings. The van der Waals surface area contributed by atoms with Crippen LogP contribution in [0.1, 0.15) is 0 Å². The van der Waals surface area contributed by atoms with Gasteiger partial charge < -0.3 is 15.2 Å². The number of carboxylic acid groups (broad SMARTS) is 1. The molecule has 2 rings (SSSR count). The number of nitrogens with one attached hydrogen (secondary N) is 1. The zero-order valence-electron chi connectivity index (χ0n) is 11.0. The van der Waals surface area contributed by atoms with E-state index < -0.39 is 17.9 Å². The van der Waals surface area contributed by atoms with Crippen LogP contribution in [0.5, 0.6) is 0 Å². The van der Waals surface area contributed by atoms with Gasteiger partial charge in [-0.1, -0.05) is 11.6 Å². The molecular formula is C13H14ClFN2O4. The van der Waals surface area contributed by atoms with Gasteiger partial charge in [0.05, 0.1) is 23.9 Å². The molecule has 1 unspecified atom stereocenters. The Bertz CT molecular complexity index is 555. The molecule has 0 saturated carbocycles. The molecule has 1 aromatic carbocycles. The number of ether oxygens (including phenoxy) is 1. The minimum atomic E-state index is -1.05. The van der Waals surface area contributed by atoms with Gasteiger partial charge in [-0.3, -0.25) is 9.69 Å². The molecule has 8 heteroatoms. The number of hydrogen-bond acceptors (Lipinski definition) is 4. The van der Waals surface area contributed by atoms with Crippen LogP contribution in [0.3, 0.4) is 0 Å². The summed E-state index contributed by atoms with van der Waals surface area (Å²) < 4.78 is 18.0. The van der Waals surface area contributed by atoms with Crippen LogP contribution < -0.4 is 5.32 Å². The highest BCUT2D eigenvalue weighted by Gasteiger charge is 2.27. The quantitative estimate of drug-likeness (QED) is 0.872. The highest BCUT2D eigenvalue weighted by Crippen LogP contribution is 2.22. The van der Waals surface area contributed by atoms with Crippen molar-refractivity contribution < 1.29 is 23.8 Å². The first-order chi connectivity index (χ1) is 9.95. The molecule has 0 bridgehead atoms. The SMILES string of the molecule is O=C(CN1CCOC(C(=O)O)C1)Nc1ccc(F)cc1Cl. The minimum absolute atomic E-state index is 0.0147. The molecule has 6 nitrogen and oxygen atoms in total. The van der Waals surface area contributed by atoms with Crippen LogP contribution in [0.2, 0.25) is 5.02 Å². The summed E-state index contributed by atoms with van der Waals surface area (Å²) in [6.45, 7) is 0.872. The number of halogens is 2. The third-order valence-electron chi connectivity index (χ3n) is 3.00. The fourth-order valence-electron chi connectivity index (χ4n) is 1.98. The van der Waals surface area contributed by atoms with Crippen molar-refractivity contribution in [1.82, 2.24) is 4.90 Å². The van der Waals surface area contributed by atoms with Gasteiger partial charge in [-0.05, 0) is 18.2 Å². The fraction of sp³-hybridized carbons (Fsp3) is 0.385. The molecule has 1 fully saturated rings. The zero-order valence-corrected chi connectivity index (χ0v) is 11.8. The van der Waals surface area contributed by atoms with E-state index in [1.807, 2.05) is 0 Å². The molecule has 1 atom stereocenters. The minimum Gasteiger partial charge on any atom is -0.479 e. The Kier molecular flexibility index (Phi) is 5.11. The van der Waals surface area contributed by atoms with E-state index in [1.165, 1.54) is 12.1 Å². The monoisotopic (exact) mass is 316 g/mol. The Morgan fingerprint density at radius 3 is 2.95 bits per heavy atom. The van der Waals surface area contributed by atoms with Crippen LogP contribution in [0, 0.1) is 5.82 Å². The maximum Gasteiger partial charge on any atom is 0.334 e. The number of amides is 1. The van der Waals surface area contributed by atoms with Crippen molar-refractivity contribution in [2.45, 2.75) is 6.10 Å². The second kappa shape index (κ2) is 6.84. The molecule has 1 aromatic rings. The van der Waals surface area contributed by atoms with E-state index in [2.05, 4.69) is 5.32 Å². The summed E-state index contributed by atoms with van der Waals surface area (Å²) in [7, 11) is 0. The average molecular weight is 317 g/mol. The van der Waals surface area contributed by atoms with Gasteiger partial charge in [0, 0.05) is 13.1 Å². The van der Waals surface area contributed by atoms with Crippen molar-refractivity contribution in [2.75, 3.05) is 31.6 Å². The van der Waals surface area contributed by atoms with Crippen molar-refractivity contribution in [1.29, 1.82) is 0 Å². The summed E-state index contributed by atoms with van der Waals surface area (Å²) in [4.78, 5) is 24.4. The van der Waals surface area contributed by atoms with E-state index in [4.69, 9.17) is 21.4 Å².